The van der Waals surface area contributed by atoms with E-state index in [0.29, 0.717) is 22.9 Å². The van der Waals surface area contributed by atoms with Crippen molar-refractivity contribution in [2.45, 2.75) is 13.5 Å². The topological polar surface area (TPSA) is 121 Å². The van der Waals surface area contributed by atoms with Crippen LogP contribution in [-0.2, 0) is 11.3 Å². The van der Waals surface area contributed by atoms with Gasteiger partial charge in [0.25, 0.3) is 5.91 Å². The second kappa shape index (κ2) is 5.35. The molecule has 114 valence electrons. The fourth-order valence-corrected chi connectivity index (χ4v) is 2.05. The van der Waals surface area contributed by atoms with E-state index in [-0.39, 0.29) is 24.9 Å². The molecular weight excluding hydrogens is 290 g/mol. The van der Waals surface area contributed by atoms with Crippen LogP contribution < -0.4 is 20.5 Å². The van der Waals surface area contributed by atoms with E-state index in [1.54, 1.807) is 25.1 Å². The van der Waals surface area contributed by atoms with E-state index in [4.69, 9.17) is 15.2 Å². The molecule has 1 aliphatic rings. The molecule has 0 unspecified atom stereocenters. The Labute approximate surface area is 125 Å². The normalized spacial score (nSPS) is 12.2. The summed E-state index contributed by atoms with van der Waals surface area (Å²) in [5, 5.41) is 10.1. The molecule has 2 amide bonds. The number of primary amides is 1. The van der Waals surface area contributed by atoms with E-state index >= 15 is 0 Å². The van der Waals surface area contributed by atoms with Gasteiger partial charge in [-0.1, -0.05) is 5.21 Å². The molecule has 22 heavy (non-hydrogen) atoms. The second-order valence-electron chi connectivity index (χ2n) is 4.66. The fourth-order valence-electron chi connectivity index (χ4n) is 2.05. The third-order valence-electron chi connectivity index (χ3n) is 3.17. The average Bonchev–Trinajstić information content (AvgIpc) is 3.06. The summed E-state index contributed by atoms with van der Waals surface area (Å²) in [4.78, 5) is 23.1. The summed E-state index contributed by atoms with van der Waals surface area (Å²) in [5.41, 5.74) is 6.21. The van der Waals surface area contributed by atoms with E-state index in [0.717, 1.165) is 0 Å². The summed E-state index contributed by atoms with van der Waals surface area (Å²) in [7, 11) is 0. The monoisotopic (exact) mass is 303 g/mol. The first-order valence-electron chi connectivity index (χ1n) is 6.44. The smallest absolute Gasteiger partial charge is 0.271 e. The van der Waals surface area contributed by atoms with Crippen molar-refractivity contribution >= 4 is 17.5 Å². The van der Waals surface area contributed by atoms with E-state index in [1.807, 2.05) is 0 Å². The summed E-state index contributed by atoms with van der Waals surface area (Å²) >= 11 is 0. The van der Waals surface area contributed by atoms with Crippen LogP contribution in [0.4, 0.5) is 5.69 Å². The standard InChI is InChI=1S/C13H13N5O4/c1-7-12(13(14)20)16-17-18(7)5-11(19)15-8-2-3-9-10(4-8)22-6-21-9/h2-4H,5-6H2,1H3,(H2,14,20)(H,15,19). The van der Waals surface area contributed by atoms with Gasteiger partial charge in [-0.2, -0.15) is 0 Å². The maximum absolute atomic E-state index is 12.0. The lowest BCUT2D eigenvalue weighted by Gasteiger charge is -2.07. The highest BCUT2D eigenvalue weighted by Crippen LogP contribution is 2.34. The number of nitrogens with zero attached hydrogens (tertiary/aromatic N) is 3. The third kappa shape index (κ3) is 2.55. The number of hydrogen-bond donors (Lipinski definition) is 2. The van der Waals surface area contributed by atoms with E-state index in [1.165, 1.54) is 4.68 Å². The lowest BCUT2D eigenvalue weighted by molar-refractivity contribution is -0.117. The van der Waals surface area contributed by atoms with Gasteiger partial charge in [-0.3, -0.25) is 9.59 Å². The van der Waals surface area contributed by atoms with Gasteiger partial charge in [0, 0.05) is 11.8 Å². The van der Waals surface area contributed by atoms with E-state index in [2.05, 4.69) is 15.6 Å². The Morgan fingerprint density at radius 1 is 1.36 bits per heavy atom. The highest BCUT2D eigenvalue weighted by atomic mass is 16.7. The minimum absolute atomic E-state index is 0.0517. The van der Waals surface area contributed by atoms with Gasteiger partial charge in [0.1, 0.15) is 6.54 Å². The first-order chi connectivity index (χ1) is 10.5. The van der Waals surface area contributed by atoms with Gasteiger partial charge in [0.2, 0.25) is 12.7 Å². The molecule has 0 atom stereocenters. The van der Waals surface area contributed by atoms with Crippen LogP contribution in [0.1, 0.15) is 16.2 Å². The molecule has 9 nitrogen and oxygen atoms in total. The van der Waals surface area contributed by atoms with Crippen LogP contribution in [0.25, 0.3) is 0 Å². The number of benzene rings is 1. The second-order valence-corrected chi connectivity index (χ2v) is 4.66. The average molecular weight is 303 g/mol. The zero-order valence-corrected chi connectivity index (χ0v) is 11.7. The maximum atomic E-state index is 12.0. The molecule has 0 spiro atoms. The SMILES string of the molecule is Cc1c(C(N)=O)nnn1CC(=O)Nc1ccc2c(c1)OCO2. The number of anilines is 1. The van der Waals surface area contributed by atoms with Crippen molar-refractivity contribution in [1.82, 2.24) is 15.0 Å². The van der Waals surface area contributed by atoms with Crippen LogP contribution in [-0.4, -0.2) is 33.6 Å². The lowest BCUT2D eigenvalue weighted by atomic mass is 10.2. The van der Waals surface area contributed by atoms with E-state index < -0.39 is 5.91 Å². The van der Waals surface area contributed by atoms with Crippen LogP contribution in [0.15, 0.2) is 18.2 Å². The van der Waals surface area contributed by atoms with Crippen molar-refractivity contribution in [1.29, 1.82) is 0 Å². The van der Waals surface area contributed by atoms with Crippen molar-refractivity contribution in [2.75, 3.05) is 12.1 Å². The highest BCUT2D eigenvalue weighted by Gasteiger charge is 2.17. The predicted molar refractivity (Wildman–Crippen MR) is 74.5 cm³/mol. The van der Waals surface area contributed by atoms with Gasteiger partial charge in [0.15, 0.2) is 17.2 Å². The molecule has 0 fully saturated rings. The predicted octanol–water partition coefficient (Wildman–Crippen LogP) is 0.0528. The summed E-state index contributed by atoms with van der Waals surface area (Å²) in [6.45, 7) is 1.70. The Hall–Kier alpha value is -3.10. The Kier molecular flexibility index (Phi) is 3.37. The number of aromatic nitrogens is 3. The van der Waals surface area contributed by atoms with Gasteiger partial charge in [-0.25, -0.2) is 4.68 Å². The van der Waals surface area contributed by atoms with Gasteiger partial charge in [0.05, 0.1) is 5.69 Å². The minimum atomic E-state index is -0.681. The molecule has 0 saturated heterocycles. The van der Waals surface area contributed by atoms with Gasteiger partial charge in [-0.15, -0.1) is 5.10 Å². The molecule has 0 radical (unpaired) electrons. The number of carbonyl (C=O) groups is 2. The van der Waals surface area contributed by atoms with Gasteiger partial charge in [-0.05, 0) is 19.1 Å². The van der Waals surface area contributed by atoms with Crippen molar-refractivity contribution in [3.8, 4) is 11.5 Å². The molecule has 0 saturated carbocycles. The molecule has 0 bridgehead atoms. The van der Waals surface area contributed by atoms with Crippen molar-refractivity contribution in [2.24, 2.45) is 5.73 Å². The van der Waals surface area contributed by atoms with Gasteiger partial charge >= 0.3 is 0 Å². The van der Waals surface area contributed by atoms with Gasteiger partial charge < -0.3 is 20.5 Å². The third-order valence-corrected chi connectivity index (χ3v) is 3.17. The molecule has 1 aliphatic heterocycles. The van der Waals surface area contributed by atoms with Crippen LogP contribution in [0.2, 0.25) is 0 Å². The van der Waals surface area contributed by atoms with Crippen molar-refractivity contribution in [3.63, 3.8) is 0 Å². The molecule has 3 N–H and O–H groups in total. The minimum Gasteiger partial charge on any atom is -0.454 e. The van der Waals surface area contributed by atoms with Crippen LogP contribution in [0, 0.1) is 6.92 Å². The Morgan fingerprint density at radius 2 is 2.14 bits per heavy atom. The van der Waals surface area contributed by atoms with E-state index in [9.17, 15) is 9.59 Å². The van der Waals surface area contributed by atoms with Crippen LogP contribution in [0.3, 0.4) is 0 Å². The van der Waals surface area contributed by atoms with Crippen LogP contribution >= 0.6 is 0 Å². The molecule has 1 aromatic heterocycles. The summed E-state index contributed by atoms with van der Waals surface area (Å²) < 4.78 is 11.7. The largest absolute Gasteiger partial charge is 0.454 e. The number of nitrogens with two attached hydrogens (primary N) is 1. The molecular formula is C13H13N5O4. The number of carbonyl (C=O) groups excluding carboxylic acids is 2. The number of hydrogen-bond acceptors (Lipinski definition) is 6. The van der Waals surface area contributed by atoms with Crippen molar-refractivity contribution in [3.05, 3.63) is 29.6 Å². The number of rotatable bonds is 4. The zero-order chi connectivity index (χ0) is 15.7. The molecule has 3 rings (SSSR count). The molecule has 2 heterocycles. The Morgan fingerprint density at radius 3 is 2.86 bits per heavy atom. The zero-order valence-electron chi connectivity index (χ0n) is 11.7. The maximum Gasteiger partial charge on any atom is 0.271 e. The van der Waals surface area contributed by atoms with Crippen molar-refractivity contribution < 1.29 is 19.1 Å². The fraction of sp³-hybridized carbons (Fsp3) is 0.231. The summed E-state index contributed by atoms with van der Waals surface area (Å²) in [6, 6.07) is 5.08. The number of fused-ring (bicyclic) bond motifs is 1. The number of amides is 2. The first kappa shape index (κ1) is 13.9. The highest BCUT2D eigenvalue weighted by molar-refractivity contribution is 5.93. The molecule has 0 aliphatic carbocycles. The quantitative estimate of drug-likeness (QED) is 0.823. The summed E-state index contributed by atoms with van der Waals surface area (Å²) in [5.74, 6) is 0.213. The lowest BCUT2D eigenvalue weighted by Crippen LogP contribution is -2.21. The Bertz CT molecular complexity index is 755. The van der Waals surface area contributed by atoms with Crippen LogP contribution in [0.5, 0.6) is 11.5 Å². The molecule has 1 aromatic carbocycles. The number of ether oxygens (including phenoxy) is 2. The molecule has 2 aromatic rings. The number of nitrogens with one attached hydrogen (secondary N) is 1. The molecule has 9 heteroatoms. The summed E-state index contributed by atoms with van der Waals surface area (Å²) in [6.07, 6.45) is 0. The Balaban J connectivity index is 1.69. The first-order valence-corrected chi connectivity index (χ1v) is 6.44.